The Morgan fingerprint density at radius 1 is 0.585 bits per heavy atom. The SMILES string of the molecule is CCC1=Cc2cc3nc(cc4c(CC)c(CC)c(c(CC)c5[nH]c(c(CC)c1n2)c(CC)c5CC)n4CC)C=C3.[In]. The third kappa shape index (κ3) is 5.28. The second kappa shape index (κ2) is 13.2. The van der Waals surface area contributed by atoms with Crippen molar-refractivity contribution in [1.29, 1.82) is 0 Å². The van der Waals surface area contributed by atoms with Gasteiger partial charge >= 0.3 is 0 Å². The summed E-state index contributed by atoms with van der Waals surface area (Å²) in [5.41, 5.74) is 19.4. The Hall–Kier alpha value is -2.53. The predicted molar refractivity (Wildman–Crippen MR) is 179 cm³/mol. The number of aromatic amines is 1. The minimum absolute atomic E-state index is 0. The van der Waals surface area contributed by atoms with Crippen molar-refractivity contribution in [3.05, 3.63) is 68.3 Å². The third-order valence-corrected chi connectivity index (χ3v) is 8.86. The van der Waals surface area contributed by atoms with Crippen molar-refractivity contribution in [2.24, 2.45) is 0 Å². The number of nitrogens with zero attached hydrogens (tertiary/aromatic N) is 3. The summed E-state index contributed by atoms with van der Waals surface area (Å²) < 4.78 is 2.57. The Morgan fingerprint density at radius 2 is 1.15 bits per heavy atom. The first kappa shape index (κ1) is 31.4. The van der Waals surface area contributed by atoms with E-state index in [0.29, 0.717) is 0 Å². The zero-order chi connectivity index (χ0) is 28.6. The number of hydrogen-bond donors (Lipinski definition) is 1. The normalized spacial score (nSPS) is 12.5. The van der Waals surface area contributed by atoms with E-state index in [0.717, 1.165) is 74.3 Å². The summed E-state index contributed by atoms with van der Waals surface area (Å²) in [4.78, 5) is 14.3. The van der Waals surface area contributed by atoms with E-state index in [1.807, 2.05) is 0 Å². The maximum atomic E-state index is 5.22. The Morgan fingerprint density at radius 3 is 1.68 bits per heavy atom. The molecule has 4 nitrogen and oxygen atoms in total. The van der Waals surface area contributed by atoms with Crippen LogP contribution < -0.4 is 0 Å². The fraction of sp³-hybridized carbons (Fsp3) is 0.444. The molecule has 0 fully saturated rings. The molecule has 0 spiro atoms. The molecule has 0 saturated carbocycles. The second-order valence-electron chi connectivity index (χ2n) is 10.8. The Bertz CT molecular complexity index is 1680. The summed E-state index contributed by atoms with van der Waals surface area (Å²) in [6, 6.07) is 4.45. The molecule has 5 heteroatoms. The van der Waals surface area contributed by atoms with Crippen LogP contribution in [0.25, 0.3) is 45.9 Å². The zero-order valence-electron chi connectivity index (χ0n) is 26.5. The van der Waals surface area contributed by atoms with Crippen molar-refractivity contribution < 1.29 is 0 Å². The molecule has 3 aromatic heterocycles. The molecular weight excluding hydrogens is 603 g/mol. The first-order valence-electron chi connectivity index (χ1n) is 15.7. The predicted octanol–water partition coefficient (Wildman–Crippen LogP) is 8.92. The van der Waals surface area contributed by atoms with Gasteiger partial charge in [-0.15, -0.1) is 0 Å². The number of fused-ring (bicyclic) bond motifs is 8. The van der Waals surface area contributed by atoms with Gasteiger partial charge in [-0.3, -0.25) is 0 Å². The van der Waals surface area contributed by atoms with Crippen molar-refractivity contribution in [2.75, 3.05) is 0 Å². The van der Waals surface area contributed by atoms with E-state index in [1.165, 1.54) is 61.0 Å². The molecular formula is C36H46InN4. The monoisotopic (exact) mass is 649 g/mol. The van der Waals surface area contributed by atoms with Gasteiger partial charge in [-0.25, -0.2) is 9.97 Å². The van der Waals surface area contributed by atoms with Crippen molar-refractivity contribution in [3.8, 4) is 0 Å². The number of rotatable bonds is 8. The topological polar surface area (TPSA) is 46.5 Å². The number of H-pyrrole nitrogens is 1. The minimum Gasteiger partial charge on any atom is -0.354 e. The van der Waals surface area contributed by atoms with Crippen molar-refractivity contribution in [2.45, 2.75) is 107 Å². The van der Waals surface area contributed by atoms with Crippen LogP contribution in [0.2, 0.25) is 0 Å². The standard InChI is InChI=1S/C36H46N4.In/c1-9-22-19-25-20-23-17-18-24(37-23)21-32-26(10-2)29(13-5)36(40(32)16-8)31(15-7)35-28(12-4)27(11-3)34(39-35)30(14-6)33(22)38-25;/h17-21,39H,9-16H2,1-8H3;. The van der Waals surface area contributed by atoms with E-state index in [-0.39, 0.29) is 25.8 Å². The molecule has 3 radical (unpaired) electrons. The maximum absolute atomic E-state index is 5.22. The van der Waals surface area contributed by atoms with Gasteiger partial charge in [-0.1, -0.05) is 48.5 Å². The van der Waals surface area contributed by atoms with Gasteiger partial charge < -0.3 is 9.55 Å². The van der Waals surface area contributed by atoms with Gasteiger partial charge in [0.15, 0.2) is 0 Å². The van der Waals surface area contributed by atoms with Crippen LogP contribution in [0, 0.1) is 0 Å². The second-order valence-corrected chi connectivity index (χ2v) is 10.8. The quantitative estimate of drug-likeness (QED) is 0.207. The summed E-state index contributed by atoms with van der Waals surface area (Å²) in [5, 5.41) is 0. The molecule has 41 heavy (non-hydrogen) atoms. The van der Waals surface area contributed by atoms with Crippen LogP contribution in [0.3, 0.4) is 0 Å². The summed E-state index contributed by atoms with van der Waals surface area (Å²) in [6.45, 7) is 19.3. The van der Waals surface area contributed by atoms with E-state index < -0.39 is 0 Å². The number of aryl methyl sites for hydroxylation is 7. The third-order valence-electron chi connectivity index (χ3n) is 8.86. The average molecular weight is 650 g/mol. The van der Waals surface area contributed by atoms with Gasteiger partial charge in [0.2, 0.25) is 0 Å². The Labute approximate surface area is 265 Å². The molecule has 213 valence electrons. The summed E-state index contributed by atoms with van der Waals surface area (Å²) in [7, 11) is 0. The Kier molecular flexibility index (Phi) is 10.1. The van der Waals surface area contributed by atoms with Gasteiger partial charge in [0.25, 0.3) is 0 Å². The number of allylic oxidation sites excluding steroid dienone is 1. The van der Waals surface area contributed by atoms with Crippen LogP contribution in [-0.4, -0.2) is 45.4 Å². The maximum Gasteiger partial charge on any atom is 0.0722 e. The molecule has 8 bridgehead atoms. The average Bonchev–Trinajstić information content (AvgIpc) is 3.73. The number of nitrogens with one attached hydrogen (secondary N) is 1. The van der Waals surface area contributed by atoms with Gasteiger partial charge in [0.1, 0.15) is 0 Å². The van der Waals surface area contributed by atoms with Crippen LogP contribution in [0.1, 0.15) is 118 Å². The van der Waals surface area contributed by atoms with E-state index in [4.69, 9.17) is 9.97 Å². The van der Waals surface area contributed by atoms with Crippen molar-refractivity contribution in [1.82, 2.24) is 19.5 Å². The first-order valence-corrected chi connectivity index (χ1v) is 15.7. The summed E-state index contributed by atoms with van der Waals surface area (Å²) in [6.07, 6.45) is 13.5. The zero-order valence-corrected chi connectivity index (χ0v) is 29.8. The summed E-state index contributed by atoms with van der Waals surface area (Å²) in [5.74, 6) is 0. The van der Waals surface area contributed by atoms with Gasteiger partial charge in [0, 0.05) is 60.0 Å². The van der Waals surface area contributed by atoms with Crippen LogP contribution in [-0.2, 0) is 45.1 Å². The fourth-order valence-electron chi connectivity index (χ4n) is 7.09. The van der Waals surface area contributed by atoms with E-state index in [2.05, 4.69) is 95.3 Å². The van der Waals surface area contributed by atoms with Crippen molar-refractivity contribution in [3.63, 3.8) is 0 Å². The molecule has 3 aromatic rings. The number of hydrogen-bond acceptors (Lipinski definition) is 2. The van der Waals surface area contributed by atoms with Crippen LogP contribution in [0.5, 0.6) is 0 Å². The van der Waals surface area contributed by atoms with E-state index in [9.17, 15) is 0 Å². The molecule has 5 rings (SSSR count). The Balaban J connectivity index is 0.00000387. The van der Waals surface area contributed by atoms with Crippen molar-refractivity contribution >= 4 is 71.7 Å². The van der Waals surface area contributed by atoms with E-state index >= 15 is 0 Å². The fourth-order valence-corrected chi connectivity index (χ4v) is 7.09. The molecule has 1 N–H and O–H groups in total. The molecule has 0 aliphatic carbocycles. The molecule has 0 amide bonds. The van der Waals surface area contributed by atoms with Gasteiger partial charge in [-0.2, -0.15) is 0 Å². The molecule has 0 saturated heterocycles. The summed E-state index contributed by atoms with van der Waals surface area (Å²) >= 11 is 0. The van der Waals surface area contributed by atoms with Gasteiger partial charge in [0.05, 0.1) is 22.8 Å². The van der Waals surface area contributed by atoms with Crippen LogP contribution in [0.15, 0.2) is 12.1 Å². The molecule has 2 aliphatic rings. The molecule has 0 unspecified atom stereocenters. The molecule has 0 aromatic carbocycles. The molecule has 0 atom stereocenters. The van der Waals surface area contributed by atoms with Crippen LogP contribution >= 0.6 is 0 Å². The largest absolute Gasteiger partial charge is 0.354 e. The van der Waals surface area contributed by atoms with Crippen LogP contribution in [0.4, 0.5) is 0 Å². The van der Waals surface area contributed by atoms with Gasteiger partial charge in [-0.05, 0) is 116 Å². The minimum atomic E-state index is 0. The molecule has 2 aliphatic heterocycles. The van der Waals surface area contributed by atoms with E-state index in [1.54, 1.807) is 0 Å². The molecule has 5 heterocycles. The smallest absolute Gasteiger partial charge is 0.0722 e. The first-order chi connectivity index (χ1) is 19.5. The number of aromatic nitrogens is 4.